The first kappa shape index (κ1) is 16.8. The van der Waals surface area contributed by atoms with E-state index in [0.29, 0.717) is 17.2 Å². The van der Waals surface area contributed by atoms with Crippen LogP contribution in [0.3, 0.4) is 0 Å². The van der Waals surface area contributed by atoms with Gasteiger partial charge in [0.1, 0.15) is 5.82 Å². The van der Waals surface area contributed by atoms with Crippen molar-refractivity contribution in [1.29, 1.82) is 0 Å². The Bertz CT molecular complexity index is 921. The molecule has 1 N–H and O–H groups in total. The number of nitrogens with one attached hydrogen (secondary N) is 1. The third-order valence-electron chi connectivity index (χ3n) is 4.09. The van der Waals surface area contributed by atoms with Crippen molar-refractivity contribution in [3.05, 3.63) is 64.5 Å². The minimum atomic E-state index is -0.172. The van der Waals surface area contributed by atoms with Crippen LogP contribution >= 0.6 is 0 Å². The number of imidazole rings is 1. The molecule has 0 aliphatic rings. The zero-order valence-electron chi connectivity index (χ0n) is 15.1. The molecule has 6 heteroatoms. The SMILES string of the molecule is Cc1cc(C)cc(C(=O)Nc2cnc(-n3c(C)nc(C)c3C)nc2)c1. The zero-order chi connectivity index (χ0) is 18.1. The molecule has 0 aliphatic heterocycles. The number of benzene rings is 1. The molecule has 0 radical (unpaired) electrons. The molecule has 2 aromatic heterocycles. The van der Waals surface area contributed by atoms with Crippen molar-refractivity contribution >= 4 is 11.6 Å². The van der Waals surface area contributed by atoms with Crippen molar-refractivity contribution in [3.8, 4) is 5.95 Å². The normalized spacial score (nSPS) is 10.8. The Morgan fingerprint density at radius 2 is 1.56 bits per heavy atom. The lowest BCUT2D eigenvalue weighted by molar-refractivity contribution is 0.102. The fourth-order valence-electron chi connectivity index (χ4n) is 2.88. The van der Waals surface area contributed by atoms with E-state index in [1.807, 2.05) is 57.4 Å². The second-order valence-corrected chi connectivity index (χ2v) is 6.27. The first-order valence-corrected chi connectivity index (χ1v) is 8.10. The van der Waals surface area contributed by atoms with E-state index in [1.54, 1.807) is 12.4 Å². The van der Waals surface area contributed by atoms with Gasteiger partial charge < -0.3 is 5.32 Å². The van der Waals surface area contributed by atoms with Gasteiger partial charge in [-0.1, -0.05) is 17.2 Å². The molecule has 3 aromatic rings. The van der Waals surface area contributed by atoms with Crippen LogP contribution in [-0.2, 0) is 0 Å². The largest absolute Gasteiger partial charge is 0.319 e. The smallest absolute Gasteiger partial charge is 0.255 e. The number of anilines is 1. The second-order valence-electron chi connectivity index (χ2n) is 6.27. The van der Waals surface area contributed by atoms with Crippen molar-refractivity contribution in [2.75, 3.05) is 5.32 Å². The molecular formula is C19H21N5O. The van der Waals surface area contributed by atoms with Crippen molar-refractivity contribution in [3.63, 3.8) is 0 Å². The first-order valence-electron chi connectivity index (χ1n) is 8.10. The molecule has 0 saturated heterocycles. The fourth-order valence-corrected chi connectivity index (χ4v) is 2.88. The molecule has 128 valence electrons. The van der Waals surface area contributed by atoms with Gasteiger partial charge >= 0.3 is 0 Å². The van der Waals surface area contributed by atoms with E-state index in [-0.39, 0.29) is 5.91 Å². The molecular weight excluding hydrogens is 314 g/mol. The Balaban J connectivity index is 1.82. The lowest BCUT2D eigenvalue weighted by Crippen LogP contribution is -2.13. The number of rotatable bonds is 3. The predicted molar refractivity (Wildman–Crippen MR) is 97.2 cm³/mol. The number of hydrogen-bond acceptors (Lipinski definition) is 4. The maximum atomic E-state index is 12.4. The van der Waals surface area contributed by atoms with E-state index in [4.69, 9.17) is 0 Å². The summed E-state index contributed by atoms with van der Waals surface area (Å²) >= 11 is 0. The van der Waals surface area contributed by atoms with Gasteiger partial charge in [-0.25, -0.2) is 15.0 Å². The summed E-state index contributed by atoms with van der Waals surface area (Å²) in [6, 6.07) is 5.75. The van der Waals surface area contributed by atoms with Gasteiger partial charge in [0.25, 0.3) is 5.91 Å². The summed E-state index contributed by atoms with van der Waals surface area (Å²) in [6.07, 6.45) is 3.22. The van der Waals surface area contributed by atoms with Gasteiger partial charge in [-0.15, -0.1) is 0 Å². The summed E-state index contributed by atoms with van der Waals surface area (Å²) in [4.78, 5) is 25.6. The van der Waals surface area contributed by atoms with Crippen LogP contribution in [0.2, 0.25) is 0 Å². The number of hydrogen-bond donors (Lipinski definition) is 1. The molecule has 1 aromatic carbocycles. The van der Waals surface area contributed by atoms with Gasteiger partial charge in [0.15, 0.2) is 0 Å². The predicted octanol–water partition coefficient (Wildman–Crippen LogP) is 3.46. The summed E-state index contributed by atoms with van der Waals surface area (Å²) in [5.74, 6) is 1.20. The van der Waals surface area contributed by atoms with E-state index in [2.05, 4.69) is 20.3 Å². The molecule has 3 rings (SSSR count). The molecule has 25 heavy (non-hydrogen) atoms. The van der Waals surface area contributed by atoms with E-state index in [1.165, 1.54) is 0 Å². The highest BCUT2D eigenvalue weighted by molar-refractivity contribution is 6.04. The second kappa shape index (κ2) is 6.47. The summed E-state index contributed by atoms with van der Waals surface area (Å²) in [5, 5.41) is 2.84. The van der Waals surface area contributed by atoms with Gasteiger partial charge in [-0.3, -0.25) is 9.36 Å². The Labute approximate surface area is 147 Å². The van der Waals surface area contributed by atoms with Gasteiger partial charge in [0.05, 0.1) is 23.8 Å². The highest BCUT2D eigenvalue weighted by atomic mass is 16.1. The third kappa shape index (κ3) is 3.42. The minimum absolute atomic E-state index is 0.172. The number of nitrogens with zero attached hydrogens (tertiary/aromatic N) is 4. The molecule has 0 saturated carbocycles. The minimum Gasteiger partial charge on any atom is -0.319 e. The summed E-state index contributed by atoms with van der Waals surface area (Å²) in [6.45, 7) is 9.80. The van der Waals surface area contributed by atoms with E-state index in [0.717, 1.165) is 28.3 Å². The van der Waals surface area contributed by atoms with E-state index < -0.39 is 0 Å². The van der Waals surface area contributed by atoms with Crippen LogP contribution in [0.4, 0.5) is 5.69 Å². The number of aromatic nitrogens is 4. The lowest BCUT2D eigenvalue weighted by atomic mass is 10.1. The van der Waals surface area contributed by atoms with Crippen LogP contribution in [0, 0.1) is 34.6 Å². The quantitative estimate of drug-likeness (QED) is 0.795. The first-order chi connectivity index (χ1) is 11.8. The Morgan fingerprint density at radius 1 is 0.960 bits per heavy atom. The van der Waals surface area contributed by atoms with Crippen LogP contribution in [0.25, 0.3) is 5.95 Å². The van der Waals surface area contributed by atoms with Crippen LogP contribution in [0.5, 0.6) is 0 Å². The van der Waals surface area contributed by atoms with Crippen molar-refractivity contribution < 1.29 is 4.79 Å². The van der Waals surface area contributed by atoms with Gasteiger partial charge in [0.2, 0.25) is 5.95 Å². The Kier molecular flexibility index (Phi) is 4.35. The number of amides is 1. The molecule has 1 amide bonds. The topological polar surface area (TPSA) is 72.7 Å². The Hall–Kier alpha value is -3.02. The molecule has 2 heterocycles. The molecule has 0 atom stereocenters. The summed E-state index contributed by atoms with van der Waals surface area (Å²) < 4.78 is 1.89. The highest BCUT2D eigenvalue weighted by Gasteiger charge is 2.12. The number of carbonyl (C=O) groups is 1. The van der Waals surface area contributed by atoms with Gasteiger partial charge in [-0.05, 0) is 46.8 Å². The molecule has 0 unspecified atom stereocenters. The van der Waals surface area contributed by atoms with E-state index in [9.17, 15) is 4.79 Å². The number of aryl methyl sites for hydroxylation is 4. The highest BCUT2D eigenvalue weighted by Crippen LogP contribution is 2.16. The maximum Gasteiger partial charge on any atom is 0.255 e. The molecule has 0 spiro atoms. The molecule has 0 bridgehead atoms. The van der Waals surface area contributed by atoms with Crippen molar-refractivity contribution in [2.45, 2.75) is 34.6 Å². The average molecular weight is 335 g/mol. The van der Waals surface area contributed by atoms with Crippen LogP contribution in [0.1, 0.15) is 38.7 Å². The maximum absolute atomic E-state index is 12.4. The van der Waals surface area contributed by atoms with E-state index >= 15 is 0 Å². The van der Waals surface area contributed by atoms with Crippen molar-refractivity contribution in [1.82, 2.24) is 19.5 Å². The lowest BCUT2D eigenvalue weighted by Gasteiger charge is -2.09. The average Bonchev–Trinajstić information content (AvgIpc) is 2.80. The standard InChI is InChI=1S/C19H21N5O/c1-11-6-12(2)8-16(7-11)18(25)23-17-9-20-19(21-10-17)24-14(4)13(3)22-15(24)5/h6-10H,1-5H3,(H,23,25). The zero-order valence-corrected chi connectivity index (χ0v) is 15.1. The Morgan fingerprint density at radius 3 is 2.08 bits per heavy atom. The van der Waals surface area contributed by atoms with Gasteiger partial charge in [-0.2, -0.15) is 0 Å². The van der Waals surface area contributed by atoms with Crippen molar-refractivity contribution in [2.24, 2.45) is 0 Å². The third-order valence-corrected chi connectivity index (χ3v) is 4.09. The number of carbonyl (C=O) groups excluding carboxylic acids is 1. The fraction of sp³-hybridized carbons (Fsp3) is 0.263. The molecule has 6 nitrogen and oxygen atoms in total. The van der Waals surface area contributed by atoms with Crippen LogP contribution in [-0.4, -0.2) is 25.4 Å². The summed E-state index contributed by atoms with van der Waals surface area (Å²) in [7, 11) is 0. The molecule has 0 aliphatic carbocycles. The molecule has 0 fully saturated rings. The van der Waals surface area contributed by atoms with Gasteiger partial charge in [0, 0.05) is 11.3 Å². The summed E-state index contributed by atoms with van der Waals surface area (Å²) in [5.41, 5.74) is 5.24. The van der Waals surface area contributed by atoms with Crippen LogP contribution < -0.4 is 5.32 Å². The monoisotopic (exact) mass is 335 g/mol. The van der Waals surface area contributed by atoms with Crippen LogP contribution in [0.15, 0.2) is 30.6 Å².